The van der Waals surface area contributed by atoms with Gasteiger partial charge < -0.3 is 0 Å². The van der Waals surface area contributed by atoms with Crippen molar-refractivity contribution in [2.24, 2.45) is 0 Å². The number of allylic oxidation sites excluding steroid dienone is 1. The van der Waals surface area contributed by atoms with Crippen LogP contribution >= 0.6 is 0 Å². The Bertz CT molecular complexity index is 456. The van der Waals surface area contributed by atoms with Crippen LogP contribution in [0.4, 0.5) is 0 Å². The third-order valence-corrected chi connectivity index (χ3v) is 4.21. The van der Waals surface area contributed by atoms with Gasteiger partial charge in [-0.15, -0.1) is 0 Å². The average Bonchev–Trinajstić information content (AvgIpc) is 2.29. The van der Waals surface area contributed by atoms with Gasteiger partial charge >= 0.3 is 0 Å². The van der Waals surface area contributed by atoms with Gasteiger partial charge in [0, 0.05) is 0 Å². The highest BCUT2D eigenvalue weighted by Crippen LogP contribution is 2.12. The molecular weight excluding hydrogens is 232 g/mol. The Morgan fingerprint density at radius 2 is 1.76 bits per heavy atom. The highest BCUT2D eigenvalue weighted by Gasteiger charge is 2.11. The molecule has 0 unspecified atom stereocenters. The van der Waals surface area contributed by atoms with E-state index in [4.69, 9.17) is 0 Å². The van der Waals surface area contributed by atoms with Crippen molar-refractivity contribution >= 4 is 9.84 Å². The SMILES string of the molecule is CCCCC=CCS(=O)(=O)c1ccc(C)cc1. The zero-order valence-corrected chi connectivity index (χ0v) is 11.3. The van der Waals surface area contributed by atoms with E-state index in [0.717, 1.165) is 24.8 Å². The van der Waals surface area contributed by atoms with Crippen LogP contribution in [0, 0.1) is 6.92 Å². The number of rotatable bonds is 6. The lowest BCUT2D eigenvalue weighted by Crippen LogP contribution is -2.04. The Morgan fingerprint density at radius 1 is 1.12 bits per heavy atom. The summed E-state index contributed by atoms with van der Waals surface area (Å²) < 4.78 is 23.8. The van der Waals surface area contributed by atoms with Gasteiger partial charge in [0.2, 0.25) is 0 Å². The van der Waals surface area contributed by atoms with Gasteiger partial charge in [-0.2, -0.15) is 0 Å². The first-order chi connectivity index (χ1) is 8.06. The molecule has 1 rings (SSSR count). The molecule has 0 aliphatic carbocycles. The Kier molecular flexibility index (Phi) is 5.42. The highest BCUT2D eigenvalue weighted by molar-refractivity contribution is 7.91. The van der Waals surface area contributed by atoms with E-state index in [1.807, 2.05) is 25.1 Å². The molecule has 0 aromatic heterocycles. The predicted octanol–water partition coefficient (Wildman–Crippen LogP) is 3.52. The maximum Gasteiger partial charge on any atom is 0.181 e. The van der Waals surface area contributed by atoms with Crippen LogP contribution in [0.3, 0.4) is 0 Å². The molecule has 0 saturated carbocycles. The molecule has 2 nitrogen and oxygen atoms in total. The molecule has 1 aromatic carbocycles. The molecule has 0 bridgehead atoms. The zero-order valence-electron chi connectivity index (χ0n) is 10.5. The van der Waals surface area contributed by atoms with Crippen molar-refractivity contribution in [1.82, 2.24) is 0 Å². The molecule has 0 N–H and O–H groups in total. The largest absolute Gasteiger partial charge is 0.223 e. The molecule has 1 aromatic rings. The van der Waals surface area contributed by atoms with E-state index in [9.17, 15) is 8.42 Å². The molecule has 94 valence electrons. The van der Waals surface area contributed by atoms with Crippen molar-refractivity contribution in [2.75, 3.05) is 5.75 Å². The summed E-state index contributed by atoms with van der Waals surface area (Å²) in [6, 6.07) is 7.00. The highest BCUT2D eigenvalue weighted by atomic mass is 32.2. The summed E-state index contributed by atoms with van der Waals surface area (Å²) in [5.41, 5.74) is 1.07. The van der Waals surface area contributed by atoms with Gasteiger partial charge in [0.1, 0.15) is 0 Å². The van der Waals surface area contributed by atoms with E-state index in [1.165, 1.54) is 0 Å². The van der Waals surface area contributed by atoms with Crippen LogP contribution in [0.25, 0.3) is 0 Å². The summed E-state index contributed by atoms with van der Waals surface area (Å²) in [4.78, 5) is 0.406. The number of sulfone groups is 1. The Labute approximate surface area is 104 Å². The molecule has 0 spiro atoms. The lowest BCUT2D eigenvalue weighted by Gasteiger charge is -2.01. The second kappa shape index (κ2) is 6.60. The number of hydrogen-bond donors (Lipinski definition) is 0. The quantitative estimate of drug-likeness (QED) is 0.573. The van der Waals surface area contributed by atoms with Gasteiger partial charge in [-0.3, -0.25) is 0 Å². The smallest absolute Gasteiger partial charge is 0.181 e. The Morgan fingerprint density at radius 3 is 2.35 bits per heavy atom. The number of benzene rings is 1. The van der Waals surface area contributed by atoms with Crippen LogP contribution in [-0.2, 0) is 9.84 Å². The van der Waals surface area contributed by atoms with Crippen LogP contribution < -0.4 is 0 Å². The summed E-state index contributed by atoms with van der Waals surface area (Å²) in [7, 11) is -3.15. The first kappa shape index (κ1) is 14.0. The maximum absolute atomic E-state index is 11.9. The van der Waals surface area contributed by atoms with Gasteiger partial charge in [0.05, 0.1) is 10.6 Å². The van der Waals surface area contributed by atoms with Gasteiger partial charge in [-0.05, 0) is 25.5 Å². The minimum Gasteiger partial charge on any atom is -0.223 e. The summed E-state index contributed by atoms with van der Waals surface area (Å²) in [6.07, 6.45) is 6.91. The van der Waals surface area contributed by atoms with Crippen molar-refractivity contribution in [1.29, 1.82) is 0 Å². The number of hydrogen-bond acceptors (Lipinski definition) is 2. The summed E-state index contributed by atoms with van der Waals surface area (Å²) in [6.45, 7) is 4.07. The average molecular weight is 252 g/mol. The van der Waals surface area contributed by atoms with Gasteiger partial charge in [-0.1, -0.05) is 49.6 Å². The minimum atomic E-state index is -3.15. The summed E-state index contributed by atoms with van der Waals surface area (Å²) in [5, 5.41) is 0. The summed E-state index contributed by atoms with van der Waals surface area (Å²) in [5.74, 6) is 0.0970. The normalized spacial score (nSPS) is 12.1. The van der Waals surface area contributed by atoms with Crippen LogP contribution in [0.15, 0.2) is 41.3 Å². The standard InChI is InChI=1S/C14H20O2S/c1-3-4-5-6-7-12-17(15,16)14-10-8-13(2)9-11-14/h6-11H,3-5,12H2,1-2H3. The van der Waals surface area contributed by atoms with Crippen molar-refractivity contribution in [3.63, 3.8) is 0 Å². The molecule has 3 heteroatoms. The van der Waals surface area contributed by atoms with Crippen molar-refractivity contribution in [3.05, 3.63) is 42.0 Å². The Balaban J connectivity index is 2.63. The van der Waals surface area contributed by atoms with Crippen LogP contribution in [0.5, 0.6) is 0 Å². The molecule has 17 heavy (non-hydrogen) atoms. The third-order valence-electron chi connectivity index (χ3n) is 2.59. The monoisotopic (exact) mass is 252 g/mol. The fourth-order valence-electron chi connectivity index (χ4n) is 1.48. The van der Waals surface area contributed by atoms with E-state index in [2.05, 4.69) is 6.92 Å². The molecule has 0 heterocycles. The minimum absolute atomic E-state index is 0.0970. The van der Waals surface area contributed by atoms with E-state index < -0.39 is 9.84 Å². The number of unbranched alkanes of at least 4 members (excludes halogenated alkanes) is 2. The fraction of sp³-hybridized carbons (Fsp3) is 0.429. The second-order valence-corrected chi connectivity index (χ2v) is 6.24. The predicted molar refractivity (Wildman–Crippen MR) is 71.9 cm³/mol. The van der Waals surface area contributed by atoms with Crippen LogP contribution in [0.1, 0.15) is 31.7 Å². The lowest BCUT2D eigenvalue weighted by atomic mass is 10.2. The third kappa shape index (κ3) is 4.73. The molecule has 0 aliphatic heterocycles. The van der Waals surface area contributed by atoms with E-state index in [0.29, 0.717) is 4.90 Å². The lowest BCUT2D eigenvalue weighted by molar-refractivity contribution is 0.599. The summed E-state index contributed by atoms with van der Waals surface area (Å²) >= 11 is 0. The molecule has 0 atom stereocenters. The van der Waals surface area contributed by atoms with Crippen molar-refractivity contribution in [3.8, 4) is 0 Å². The maximum atomic E-state index is 11.9. The first-order valence-electron chi connectivity index (χ1n) is 6.00. The molecule has 0 saturated heterocycles. The van der Waals surface area contributed by atoms with E-state index >= 15 is 0 Å². The van der Waals surface area contributed by atoms with E-state index in [1.54, 1.807) is 18.2 Å². The molecule has 0 amide bonds. The zero-order chi connectivity index (χ0) is 12.7. The molecule has 0 radical (unpaired) electrons. The van der Waals surface area contributed by atoms with Gasteiger partial charge in [0.25, 0.3) is 0 Å². The molecule has 0 fully saturated rings. The van der Waals surface area contributed by atoms with E-state index in [-0.39, 0.29) is 5.75 Å². The molecular formula is C14H20O2S. The van der Waals surface area contributed by atoms with Crippen molar-refractivity contribution < 1.29 is 8.42 Å². The first-order valence-corrected chi connectivity index (χ1v) is 7.66. The number of aryl methyl sites for hydroxylation is 1. The van der Waals surface area contributed by atoms with Crippen LogP contribution in [0.2, 0.25) is 0 Å². The fourth-order valence-corrected chi connectivity index (χ4v) is 2.61. The van der Waals surface area contributed by atoms with Gasteiger partial charge in [-0.25, -0.2) is 8.42 Å². The topological polar surface area (TPSA) is 34.1 Å². The second-order valence-electron chi connectivity index (χ2n) is 4.21. The van der Waals surface area contributed by atoms with Crippen molar-refractivity contribution in [2.45, 2.75) is 38.0 Å². The van der Waals surface area contributed by atoms with Crippen LogP contribution in [-0.4, -0.2) is 14.2 Å². The Hall–Kier alpha value is -1.09. The van der Waals surface area contributed by atoms with Gasteiger partial charge in [0.15, 0.2) is 9.84 Å². The molecule has 0 aliphatic rings.